The van der Waals surface area contributed by atoms with Crippen molar-refractivity contribution in [1.82, 2.24) is 9.97 Å². The molecule has 2 heteroatoms. The normalized spacial score (nSPS) is 13.0. The van der Waals surface area contributed by atoms with Gasteiger partial charge in [-0.3, -0.25) is 0 Å². The lowest BCUT2D eigenvalue weighted by molar-refractivity contribution is 0.988. The molecule has 2 nitrogen and oxygen atoms in total. The van der Waals surface area contributed by atoms with Crippen molar-refractivity contribution in [3.8, 4) is 22.4 Å². The summed E-state index contributed by atoms with van der Waals surface area (Å²) in [7, 11) is 0. The van der Waals surface area contributed by atoms with Crippen LogP contribution in [0.25, 0.3) is 82.7 Å². The van der Waals surface area contributed by atoms with E-state index in [2.05, 4.69) is 133 Å². The van der Waals surface area contributed by atoms with Gasteiger partial charge in [0.25, 0.3) is 0 Å². The van der Waals surface area contributed by atoms with E-state index in [-0.39, 0.29) is 0 Å². The molecular weight excluding hydrogens is 508 g/mol. The molecule has 0 aliphatic heterocycles. The van der Waals surface area contributed by atoms with Crippen molar-refractivity contribution in [1.29, 1.82) is 0 Å². The van der Waals surface area contributed by atoms with Gasteiger partial charge in [0.05, 0.1) is 22.2 Å². The molecule has 9 rings (SSSR count). The van der Waals surface area contributed by atoms with E-state index in [9.17, 15) is 0 Å². The maximum Gasteiger partial charge on any atom is 0.0825 e. The van der Waals surface area contributed by atoms with E-state index in [1.807, 2.05) is 0 Å². The lowest BCUT2D eigenvalue weighted by Gasteiger charge is -2.22. The Bertz CT molecular complexity index is 2360. The van der Waals surface area contributed by atoms with Gasteiger partial charge in [-0.15, -0.1) is 0 Å². The van der Waals surface area contributed by atoms with Crippen LogP contribution in [0.2, 0.25) is 0 Å². The van der Waals surface area contributed by atoms with Crippen LogP contribution >= 0.6 is 0 Å². The molecule has 2 heterocycles. The largest absolute Gasteiger partial charge is 0.247 e. The molecule has 0 saturated heterocycles. The predicted octanol–water partition coefficient (Wildman–Crippen LogP) is 10.5. The maximum atomic E-state index is 5.40. The van der Waals surface area contributed by atoms with Crippen LogP contribution in [0, 0.1) is 0 Å². The second-order valence-corrected chi connectivity index (χ2v) is 11.2. The third-order valence-electron chi connectivity index (χ3n) is 8.88. The molecule has 0 atom stereocenters. The minimum atomic E-state index is 0.962. The Morgan fingerprint density at radius 2 is 1.14 bits per heavy atom. The molecule has 8 aromatic rings. The first-order valence-electron chi connectivity index (χ1n) is 14.7. The highest BCUT2D eigenvalue weighted by molar-refractivity contribution is 6.25. The quantitative estimate of drug-likeness (QED) is 0.163. The number of aromatic nitrogens is 2. The Morgan fingerprint density at radius 3 is 1.90 bits per heavy atom. The molecular formula is C40H26N2. The second-order valence-electron chi connectivity index (χ2n) is 11.2. The lowest BCUT2D eigenvalue weighted by atomic mass is 9.82. The number of rotatable bonds is 2. The molecule has 0 fully saturated rings. The van der Waals surface area contributed by atoms with E-state index in [0.717, 1.165) is 51.2 Å². The van der Waals surface area contributed by atoms with Gasteiger partial charge in [-0.2, -0.15) is 0 Å². The second kappa shape index (κ2) is 9.09. The van der Waals surface area contributed by atoms with Crippen molar-refractivity contribution in [2.75, 3.05) is 0 Å². The fourth-order valence-corrected chi connectivity index (χ4v) is 7.03. The summed E-state index contributed by atoms with van der Waals surface area (Å²) in [6, 6.07) is 43.6. The standard InChI is InChI=1S/C40H26N2/c1-3-15-27-25(12-1)14-11-21-28(27)37-29-16-4-6-18-31(29)38(32-19-7-5-17-30(32)37)40-34-24-26-13-2-9-22-35(26)41-39(34)33-20-8-10-23-36(33)42-40/h1-2,4-14,16-24H,3,15H2. The number of allylic oxidation sites excluding steroid dienone is 1. The summed E-state index contributed by atoms with van der Waals surface area (Å²) in [6.07, 6.45) is 6.71. The highest BCUT2D eigenvalue weighted by Gasteiger charge is 2.22. The summed E-state index contributed by atoms with van der Waals surface area (Å²) >= 11 is 0. The Morgan fingerprint density at radius 1 is 0.500 bits per heavy atom. The average molecular weight is 535 g/mol. The monoisotopic (exact) mass is 534 g/mol. The molecule has 0 saturated carbocycles. The van der Waals surface area contributed by atoms with Gasteiger partial charge in [-0.05, 0) is 74.8 Å². The van der Waals surface area contributed by atoms with E-state index < -0.39 is 0 Å². The van der Waals surface area contributed by atoms with Crippen LogP contribution in [0.15, 0.2) is 127 Å². The average Bonchev–Trinajstić information content (AvgIpc) is 3.06. The molecule has 0 spiro atoms. The number of hydrogen-bond acceptors (Lipinski definition) is 2. The van der Waals surface area contributed by atoms with E-state index in [4.69, 9.17) is 9.97 Å². The van der Waals surface area contributed by atoms with Crippen LogP contribution in [0.4, 0.5) is 0 Å². The minimum Gasteiger partial charge on any atom is -0.247 e. The summed E-state index contributed by atoms with van der Waals surface area (Å²) < 4.78 is 0. The molecule has 42 heavy (non-hydrogen) atoms. The molecule has 196 valence electrons. The Balaban J connectivity index is 1.48. The molecule has 0 amide bonds. The fourth-order valence-electron chi connectivity index (χ4n) is 7.03. The third-order valence-corrected chi connectivity index (χ3v) is 8.88. The molecule has 0 unspecified atom stereocenters. The SMILES string of the molecule is C1=Cc2cccc(-c3c4ccccc4c(-c4nc5ccccc5c5nc6ccccc6cc45)c4ccccc34)c2CC1. The van der Waals surface area contributed by atoms with E-state index in [1.54, 1.807) is 0 Å². The van der Waals surface area contributed by atoms with Gasteiger partial charge in [0, 0.05) is 21.7 Å². The molecule has 0 radical (unpaired) electrons. The number of nitrogens with zero attached hydrogens (tertiary/aromatic N) is 2. The predicted molar refractivity (Wildman–Crippen MR) is 178 cm³/mol. The zero-order valence-corrected chi connectivity index (χ0v) is 23.0. The van der Waals surface area contributed by atoms with Gasteiger partial charge < -0.3 is 0 Å². The first-order valence-corrected chi connectivity index (χ1v) is 14.7. The Kier molecular flexibility index (Phi) is 5.06. The van der Waals surface area contributed by atoms with Crippen molar-refractivity contribution >= 4 is 60.3 Å². The van der Waals surface area contributed by atoms with Gasteiger partial charge in [-0.25, -0.2) is 9.97 Å². The molecule has 1 aliphatic carbocycles. The number of hydrogen-bond donors (Lipinski definition) is 0. The summed E-state index contributed by atoms with van der Waals surface area (Å²) in [4.78, 5) is 10.6. The highest BCUT2D eigenvalue weighted by atomic mass is 14.8. The van der Waals surface area contributed by atoms with Crippen LogP contribution in [-0.2, 0) is 6.42 Å². The molecule has 6 aromatic carbocycles. The topological polar surface area (TPSA) is 25.8 Å². The maximum absolute atomic E-state index is 5.40. The third kappa shape index (κ3) is 3.39. The highest BCUT2D eigenvalue weighted by Crippen LogP contribution is 2.47. The Hall–Kier alpha value is -5.34. The first-order chi connectivity index (χ1) is 20.8. The van der Waals surface area contributed by atoms with Crippen molar-refractivity contribution < 1.29 is 0 Å². The minimum absolute atomic E-state index is 0.962. The molecule has 0 N–H and O–H groups in total. The Labute approximate surface area is 243 Å². The molecule has 0 bridgehead atoms. The summed E-state index contributed by atoms with van der Waals surface area (Å²) in [5.41, 5.74) is 10.5. The van der Waals surface area contributed by atoms with Crippen LogP contribution in [0.5, 0.6) is 0 Å². The van der Waals surface area contributed by atoms with Crippen LogP contribution in [-0.4, -0.2) is 9.97 Å². The van der Waals surface area contributed by atoms with E-state index >= 15 is 0 Å². The zero-order valence-electron chi connectivity index (χ0n) is 23.0. The molecule has 1 aliphatic rings. The van der Waals surface area contributed by atoms with Crippen molar-refractivity contribution in [3.05, 3.63) is 139 Å². The van der Waals surface area contributed by atoms with Gasteiger partial charge in [0.15, 0.2) is 0 Å². The van der Waals surface area contributed by atoms with Crippen molar-refractivity contribution in [2.45, 2.75) is 12.8 Å². The van der Waals surface area contributed by atoms with Gasteiger partial charge in [-0.1, -0.05) is 115 Å². The van der Waals surface area contributed by atoms with E-state index in [0.29, 0.717) is 0 Å². The summed E-state index contributed by atoms with van der Waals surface area (Å²) in [6.45, 7) is 0. The van der Waals surface area contributed by atoms with Crippen molar-refractivity contribution in [2.24, 2.45) is 0 Å². The number of fused-ring (bicyclic) bond motifs is 7. The number of benzene rings is 6. The van der Waals surface area contributed by atoms with Gasteiger partial charge >= 0.3 is 0 Å². The van der Waals surface area contributed by atoms with Gasteiger partial charge in [0.1, 0.15) is 0 Å². The summed E-state index contributed by atoms with van der Waals surface area (Å²) in [5, 5.41) is 8.23. The van der Waals surface area contributed by atoms with E-state index in [1.165, 1.54) is 49.4 Å². The van der Waals surface area contributed by atoms with Crippen LogP contribution in [0.3, 0.4) is 0 Å². The van der Waals surface area contributed by atoms with Crippen LogP contribution < -0.4 is 0 Å². The fraction of sp³-hybridized carbons (Fsp3) is 0.0500. The smallest absolute Gasteiger partial charge is 0.0825 e. The first kappa shape index (κ1) is 23.4. The lowest BCUT2D eigenvalue weighted by Crippen LogP contribution is -2.00. The number of para-hydroxylation sites is 2. The molecule has 2 aromatic heterocycles. The zero-order chi connectivity index (χ0) is 27.6. The van der Waals surface area contributed by atoms with Crippen LogP contribution in [0.1, 0.15) is 17.5 Å². The van der Waals surface area contributed by atoms with Crippen molar-refractivity contribution in [3.63, 3.8) is 0 Å². The van der Waals surface area contributed by atoms with Gasteiger partial charge in [0.2, 0.25) is 0 Å². The number of pyridine rings is 2. The summed E-state index contributed by atoms with van der Waals surface area (Å²) in [5.74, 6) is 0.